The molecule has 3 rings (SSSR count). The number of likely N-dealkylation sites (N-methyl/N-ethyl adjacent to an activating group) is 1. The molecule has 0 unspecified atom stereocenters. The molecule has 0 saturated heterocycles. The monoisotopic (exact) mass is 411 g/mol. The van der Waals surface area contributed by atoms with E-state index in [1.165, 1.54) is 31.4 Å². The van der Waals surface area contributed by atoms with Gasteiger partial charge in [0.2, 0.25) is 5.91 Å². The van der Waals surface area contributed by atoms with E-state index in [2.05, 4.69) is 22.0 Å². The van der Waals surface area contributed by atoms with Gasteiger partial charge in [-0.1, -0.05) is 38.0 Å². The normalized spacial score (nSPS) is 14.7. The summed E-state index contributed by atoms with van der Waals surface area (Å²) in [5.41, 5.74) is 2.66. The van der Waals surface area contributed by atoms with Gasteiger partial charge in [0.25, 0.3) is 0 Å². The second kappa shape index (κ2) is 10.7. The third-order valence-corrected chi connectivity index (χ3v) is 5.55. The van der Waals surface area contributed by atoms with E-state index in [9.17, 15) is 9.18 Å². The molecule has 1 amide bonds. The lowest BCUT2D eigenvalue weighted by atomic mass is 9.94. The fraction of sp³-hybridized carbons (Fsp3) is 0.435. The van der Waals surface area contributed by atoms with Crippen molar-refractivity contribution in [3.05, 3.63) is 65.9 Å². The Morgan fingerprint density at radius 2 is 2.07 bits per heavy atom. The molecule has 0 atom stereocenters. The van der Waals surface area contributed by atoms with Crippen molar-refractivity contribution in [3.63, 3.8) is 0 Å². The van der Waals surface area contributed by atoms with Gasteiger partial charge in [-0.3, -0.25) is 14.5 Å². The quantitative estimate of drug-likeness (QED) is 0.506. The number of rotatable bonds is 9. The molecule has 1 aliphatic carbocycles. The number of hydrogen-bond acceptors (Lipinski definition) is 3. The third kappa shape index (κ3) is 6.02. The summed E-state index contributed by atoms with van der Waals surface area (Å²) in [7, 11) is 1.90. The van der Waals surface area contributed by atoms with Gasteiger partial charge in [0.1, 0.15) is 12.4 Å². The van der Waals surface area contributed by atoms with Crippen molar-refractivity contribution in [3.8, 4) is 0 Å². The molecule has 0 aliphatic heterocycles. The largest absolute Gasteiger partial charge is 0.354 e. The first-order valence-electron chi connectivity index (χ1n) is 10.5. The van der Waals surface area contributed by atoms with Gasteiger partial charge in [-0.05, 0) is 42.8 Å². The van der Waals surface area contributed by atoms with Crippen molar-refractivity contribution in [2.45, 2.75) is 57.7 Å². The maximum Gasteiger partial charge on any atom is 0.244 e. The molecular weight excluding hydrogens is 381 g/mol. The average molecular weight is 412 g/mol. The summed E-state index contributed by atoms with van der Waals surface area (Å²) in [6.07, 6.45) is 9.43. The van der Waals surface area contributed by atoms with E-state index in [-0.39, 0.29) is 18.3 Å². The summed E-state index contributed by atoms with van der Waals surface area (Å²) in [6.45, 7) is 4.17. The van der Waals surface area contributed by atoms with E-state index in [1.54, 1.807) is 29.4 Å². The van der Waals surface area contributed by atoms with Gasteiger partial charge in [0.15, 0.2) is 0 Å². The van der Waals surface area contributed by atoms with Crippen LogP contribution in [0.1, 0.15) is 49.1 Å². The van der Waals surface area contributed by atoms with Crippen molar-refractivity contribution in [2.24, 2.45) is 4.99 Å². The van der Waals surface area contributed by atoms with Crippen LogP contribution < -0.4 is 5.32 Å². The Kier molecular flexibility index (Phi) is 7.76. The van der Waals surface area contributed by atoms with Crippen molar-refractivity contribution in [1.29, 1.82) is 0 Å². The number of nitrogens with one attached hydrogen (secondary N) is 1. The average Bonchev–Trinajstić information content (AvgIpc) is 3.13. The zero-order valence-corrected chi connectivity index (χ0v) is 17.6. The molecule has 1 aromatic carbocycles. The van der Waals surface area contributed by atoms with Crippen molar-refractivity contribution in [1.82, 2.24) is 20.0 Å². The third-order valence-electron chi connectivity index (χ3n) is 5.55. The molecule has 1 saturated carbocycles. The van der Waals surface area contributed by atoms with Gasteiger partial charge in [-0.2, -0.15) is 5.10 Å². The second-order valence-corrected chi connectivity index (χ2v) is 7.72. The molecule has 7 heteroatoms. The Balaban J connectivity index is 1.75. The molecule has 1 aliphatic rings. The Hall–Kier alpha value is -2.96. The van der Waals surface area contributed by atoms with E-state index >= 15 is 0 Å². The highest BCUT2D eigenvalue weighted by molar-refractivity contribution is 5.76. The Labute approximate surface area is 177 Å². The molecule has 0 spiro atoms. The first-order valence-corrected chi connectivity index (χ1v) is 10.5. The minimum Gasteiger partial charge on any atom is -0.354 e. The van der Waals surface area contributed by atoms with Gasteiger partial charge in [0, 0.05) is 25.2 Å². The summed E-state index contributed by atoms with van der Waals surface area (Å²) in [5.74, 6) is -0.199. The lowest BCUT2D eigenvalue weighted by Crippen LogP contribution is -2.40. The summed E-state index contributed by atoms with van der Waals surface area (Å²) in [5, 5.41) is 7.43. The van der Waals surface area contributed by atoms with Gasteiger partial charge in [0.05, 0.1) is 18.6 Å². The number of carbonyl (C=O) groups excluding carboxylic acids is 1. The Morgan fingerprint density at radius 3 is 2.77 bits per heavy atom. The number of halogens is 1. The molecule has 1 heterocycles. The number of hydrogen-bond donors (Lipinski definition) is 1. The van der Waals surface area contributed by atoms with Crippen LogP contribution in [0, 0.1) is 5.82 Å². The van der Waals surface area contributed by atoms with Crippen LogP contribution in [0.3, 0.4) is 0 Å². The topological polar surface area (TPSA) is 62.5 Å². The van der Waals surface area contributed by atoms with Crippen molar-refractivity contribution >= 4 is 12.2 Å². The first kappa shape index (κ1) is 21.7. The number of aliphatic imine (C=N–C) groups is 1. The molecule has 1 aromatic heterocycles. The zero-order chi connectivity index (χ0) is 21.3. The number of nitrogens with zero attached hydrogens (tertiary/aromatic N) is 4. The lowest BCUT2D eigenvalue weighted by Gasteiger charge is -2.31. The fourth-order valence-corrected chi connectivity index (χ4v) is 3.84. The van der Waals surface area contributed by atoms with Crippen LogP contribution in [0.2, 0.25) is 0 Å². The standard InChI is InChI=1S/C23H30FN5O/c1-3-25-17-26-15-20-14-22(13-18-9-11-19(24)12-10-18)29(27-20)16-23(30)28(2)21-7-5-4-6-8-21/h3,9-12,14,17,21H,1,4-8,13,15-16H2,2H3,(H,25,26). The van der Waals surface area contributed by atoms with Crippen LogP contribution in [0.5, 0.6) is 0 Å². The zero-order valence-electron chi connectivity index (χ0n) is 17.6. The predicted octanol–water partition coefficient (Wildman–Crippen LogP) is 3.67. The van der Waals surface area contributed by atoms with Crippen LogP contribution >= 0.6 is 0 Å². The minimum atomic E-state index is -0.263. The second-order valence-electron chi connectivity index (χ2n) is 7.72. The Bertz CT molecular complexity index is 868. The van der Waals surface area contributed by atoms with Crippen LogP contribution in [-0.4, -0.2) is 40.0 Å². The molecular formula is C23H30FN5O. The number of amides is 1. The lowest BCUT2D eigenvalue weighted by molar-refractivity contribution is -0.133. The van der Waals surface area contributed by atoms with E-state index in [0.717, 1.165) is 29.8 Å². The van der Waals surface area contributed by atoms with Crippen LogP contribution in [0.4, 0.5) is 4.39 Å². The molecule has 30 heavy (non-hydrogen) atoms. The highest BCUT2D eigenvalue weighted by atomic mass is 19.1. The minimum absolute atomic E-state index is 0.0636. The molecule has 1 fully saturated rings. The number of carbonyl (C=O) groups is 1. The molecule has 0 bridgehead atoms. The van der Waals surface area contributed by atoms with E-state index in [4.69, 9.17) is 0 Å². The number of benzene rings is 1. The molecule has 2 aromatic rings. The first-order chi connectivity index (χ1) is 14.6. The van der Waals surface area contributed by atoms with Crippen LogP contribution in [-0.2, 0) is 24.3 Å². The van der Waals surface area contributed by atoms with Gasteiger partial charge >= 0.3 is 0 Å². The highest BCUT2D eigenvalue weighted by Crippen LogP contribution is 2.22. The Morgan fingerprint density at radius 1 is 1.33 bits per heavy atom. The van der Waals surface area contributed by atoms with E-state index in [1.807, 2.05) is 18.0 Å². The summed E-state index contributed by atoms with van der Waals surface area (Å²) in [6, 6.07) is 8.69. The van der Waals surface area contributed by atoms with Gasteiger partial charge < -0.3 is 10.2 Å². The summed E-state index contributed by atoms with van der Waals surface area (Å²) < 4.78 is 15.0. The molecule has 6 nitrogen and oxygen atoms in total. The van der Waals surface area contributed by atoms with E-state index in [0.29, 0.717) is 19.0 Å². The molecule has 1 N–H and O–H groups in total. The van der Waals surface area contributed by atoms with E-state index < -0.39 is 0 Å². The molecule has 0 radical (unpaired) electrons. The molecule has 160 valence electrons. The summed E-state index contributed by atoms with van der Waals surface area (Å²) in [4.78, 5) is 19.1. The SMILES string of the molecule is C=CNC=NCc1cc(Cc2ccc(F)cc2)n(CC(=O)N(C)C2CCCCC2)n1. The highest BCUT2D eigenvalue weighted by Gasteiger charge is 2.23. The van der Waals surface area contributed by atoms with Crippen molar-refractivity contribution in [2.75, 3.05) is 7.05 Å². The van der Waals surface area contributed by atoms with Crippen LogP contribution in [0.25, 0.3) is 0 Å². The summed E-state index contributed by atoms with van der Waals surface area (Å²) >= 11 is 0. The fourth-order valence-electron chi connectivity index (χ4n) is 3.84. The smallest absolute Gasteiger partial charge is 0.244 e. The van der Waals surface area contributed by atoms with Gasteiger partial charge in [-0.15, -0.1) is 0 Å². The predicted molar refractivity (Wildman–Crippen MR) is 117 cm³/mol. The maximum atomic E-state index is 13.3. The van der Waals surface area contributed by atoms with Crippen molar-refractivity contribution < 1.29 is 9.18 Å². The van der Waals surface area contributed by atoms with Gasteiger partial charge in [-0.25, -0.2) is 4.39 Å². The maximum absolute atomic E-state index is 13.3. The number of aromatic nitrogens is 2. The van der Waals surface area contributed by atoms with Crippen LogP contribution in [0.15, 0.2) is 48.1 Å².